The highest BCUT2D eigenvalue weighted by Crippen LogP contribution is 2.28. The second kappa shape index (κ2) is 6.45. The number of benzene rings is 1. The van der Waals surface area contributed by atoms with Gasteiger partial charge in [-0.15, -0.1) is 0 Å². The molecule has 0 bridgehead atoms. The zero-order valence-corrected chi connectivity index (χ0v) is 12.7. The first-order chi connectivity index (χ1) is 9.88. The Morgan fingerprint density at radius 2 is 2.05 bits per heavy atom. The van der Waals surface area contributed by atoms with Crippen LogP contribution in [0.3, 0.4) is 0 Å². The summed E-state index contributed by atoms with van der Waals surface area (Å²) in [5.74, 6) is 0. The fraction of sp³-hybridized carbons (Fsp3) is 0.562. The quantitative estimate of drug-likeness (QED) is 0.872. The van der Waals surface area contributed by atoms with Crippen LogP contribution in [-0.2, 0) is 16.1 Å². The number of nitrogens with one attached hydrogen (secondary N) is 1. The van der Waals surface area contributed by atoms with E-state index in [0.717, 1.165) is 5.56 Å². The highest BCUT2D eigenvalue weighted by molar-refractivity contribution is 5.69. The second-order valence-corrected chi connectivity index (χ2v) is 6.42. The molecule has 0 radical (unpaired) electrons. The van der Waals surface area contributed by atoms with E-state index in [1.165, 1.54) is 0 Å². The van der Waals surface area contributed by atoms with Gasteiger partial charge in [0.2, 0.25) is 0 Å². The third-order valence-corrected chi connectivity index (χ3v) is 3.55. The van der Waals surface area contributed by atoms with Crippen LogP contribution in [0, 0.1) is 5.41 Å². The van der Waals surface area contributed by atoms with Crippen LogP contribution in [-0.4, -0.2) is 36.1 Å². The van der Waals surface area contributed by atoms with E-state index in [0.29, 0.717) is 6.61 Å². The average molecular weight is 293 g/mol. The molecule has 1 amide bonds. The van der Waals surface area contributed by atoms with E-state index in [9.17, 15) is 9.90 Å². The van der Waals surface area contributed by atoms with Crippen LogP contribution in [0.25, 0.3) is 0 Å². The maximum absolute atomic E-state index is 11.1. The highest BCUT2D eigenvalue weighted by Gasteiger charge is 2.40. The maximum atomic E-state index is 11.1. The predicted molar refractivity (Wildman–Crippen MR) is 78.8 cm³/mol. The molecule has 5 heteroatoms. The van der Waals surface area contributed by atoms with E-state index in [-0.39, 0.29) is 12.0 Å². The number of hydrogen-bond donors (Lipinski definition) is 2. The summed E-state index contributed by atoms with van der Waals surface area (Å²) in [6.07, 6.45) is -1.72. The first kappa shape index (κ1) is 15.8. The smallest absolute Gasteiger partial charge is 0.407 e. The van der Waals surface area contributed by atoms with E-state index in [2.05, 4.69) is 5.32 Å². The van der Waals surface area contributed by atoms with Gasteiger partial charge in [0.15, 0.2) is 0 Å². The van der Waals surface area contributed by atoms with Crippen LogP contribution in [0.4, 0.5) is 4.79 Å². The standard InChI is InChI=1S/C16H23NO4/c1-16(2,3)14(13(18)12-10-21-15(19)17-12)20-9-11-7-5-4-6-8-11/h4-8,12-14,18H,9-10H2,1-3H3,(H,17,19)/t12-,13+,14-/m0/s1. The summed E-state index contributed by atoms with van der Waals surface area (Å²) in [6, 6.07) is 9.38. The van der Waals surface area contributed by atoms with Gasteiger partial charge < -0.3 is 19.9 Å². The first-order valence-electron chi connectivity index (χ1n) is 7.15. The topological polar surface area (TPSA) is 67.8 Å². The van der Waals surface area contributed by atoms with Gasteiger partial charge in [-0.25, -0.2) is 4.79 Å². The van der Waals surface area contributed by atoms with Gasteiger partial charge in [0, 0.05) is 0 Å². The SMILES string of the molecule is CC(C)(C)[C@@H](OCc1ccccc1)[C@H](O)[C@@H]1COC(=O)N1. The summed E-state index contributed by atoms with van der Waals surface area (Å²) in [7, 11) is 0. The molecule has 0 unspecified atom stereocenters. The van der Waals surface area contributed by atoms with Gasteiger partial charge in [0.25, 0.3) is 0 Å². The zero-order valence-electron chi connectivity index (χ0n) is 12.7. The number of ether oxygens (including phenoxy) is 2. The molecule has 1 aromatic rings. The molecular formula is C16H23NO4. The molecule has 5 nitrogen and oxygen atoms in total. The maximum Gasteiger partial charge on any atom is 0.407 e. The highest BCUT2D eigenvalue weighted by atomic mass is 16.6. The van der Waals surface area contributed by atoms with Crippen molar-refractivity contribution in [3.8, 4) is 0 Å². The largest absolute Gasteiger partial charge is 0.447 e. The van der Waals surface area contributed by atoms with Crippen LogP contribution in [0.5, 0.6) is 0 Å². The first-order valence-corrected chi connectivity index (χ1v) is 7.15. The van der Waals surface area contributed by atoms with Gasteiger partial charge in [-0.1, -0.05) is 51.1 Å². The van der Waals surface area contributed by atoms with Gasteiger partial charge in [0.1, 0.15) is 12.7 Å². The molecule has 1 aliphatic rings. The number of carbonyl (C=O) groups excluding carboxylic acids is 1. The lowest BCUT2D eigenvalue weighted by Gasteiger charge is -2.36. The molecule has 2 N–H and O–H groups in total. The van der Waals surface area contributed by atoms with Crippen LogP contribution in [0.15, 0.2) is 30.3 Å². The average Bonchev–Trinajstić information content (AvgIpc) is 2.85. The Kier molecular flexibility index (Phi) is 4.85. The number of carbonyl (C=O) groups is 1. The minimum absolute atomic E-state index is 0.168. The lowest BCUT2D eigenvalue weighted by Crippen LogP contribution is -2.51. The number of rotatable bonds is 5. The molecule has 0 aliphatic carbocycles. The van der Waals surface area contributed by atoms with Crippen molar-refractivity contribution in [2.45, 2.75) is 45.6 Å². The van der Waals surface area contributed by atoms with Gasteiger partial charge in [-0.2, -0.15) is 0 Å². The fourth-order valence-corrected chi connectivity index (χ4v) is 2.42. The van der Waals surface area contributed by atoms with E-state index in [4.69, 9.17) is 9.47 Å². The summed E-state index contributed by atoms with van der Waals surface area (Å²) < 4.78 is 10.8. The monoisotopic (exact) mass is 293 g/mol. The molecular weight excluding hydrogens is 270 g/mol. The van der Waals surface area contributed by atoms with Crippen LogP contribution in [0.2, 0.25) is 0 Å². The Morgan fingerprint density at radius 3 is 2.57 bits per heavy atom. The van der Waals surface area contributed by atoms with E-state index < -0.39 is 24.3 Å². The summed E-state index contributed by atoms with van der Waals surface area (Å²) in [6.45, 7) is 6.60. The third kappa shape index (κ3) is 4.19. The number of aliphatic hydroxyl groups is 1. The van der Waals surface area contributed by atoms with Crippen molar-refractivity contribution in [3.05, 3.63) is 35.9 Å². The summed E-state index contributed by atoms with van der Waals surface area (Å²) in [5, 5.41) is 13.1. The van der Waals surface area contributed by atoms with Gasteiger partial charge in [-0.3, -0.25) is 0 Å². The van der Waals surface area contributed by atoms with Crippen molar-refractivity contribution in [1.29, 1.82) is 0 Å². The van der Waals surface area contributed by atoms with Gasteiger partial charge in [0.05, 0.1) is 18.8 Å². The Labute approximate surface area is 125 Å². The zero-order chi connectivity index (χ0) is 15.5. The van der Waals surface area contributed by atoms with E-state index in [1.807, 2.05) is 51.1 Å². The summed E-state index contributed by atoms with van der Waals surface area (Å²) in [5.41, 5.74) is 0.785. The minimum Gasteiger partial charge on any atom is -0.447 e. The van der Waals surface area contributed by atoms with Gasteiger partial charge >= 0.3 is 6.09 Å². The number of cyclic esters (lactones) is 1. The molecule has 0 aromatic heterocycles. The molecule has 3 atom stereocenters. The molecule has 1 aromatic carbocycles. The van der Waals surface area contributed by atoms with Crippen LogP contribution in [0.1, 0.15) is 26.3 Å². The molecule has 2 rings (SSSR count). The Balaban J connectivity index is 2.02. The fourth-order valence-electron chi connectivity index (χ4n) is 2.42. The lowest BCUT2D eigenvalue weighted by molar-refractivity contribution is -0.109. The second-order valence-electron chi connectivity index (χ2n) is 6.42. The Hall–Kier alpha value is -1.59. The Morgan fingerprint density at radius 1 is 1.38 bits per heavy atom. The van der Waals surface area contributed by atoms with Crippen LogP contribution >= 0.6 is 0 Å². The van der Waals surface area contributed by atoms with Crippen molar-refractivity contribution in [2.75, 3.05) is 6.61 Å². The van der Waals surface area contributed by atoms with Crippen molar-refractivity contribution >= 4 is 6.09 Å². The minimum atomic E-state index is -0.819. The molecule has 0 spiro atoms. The van der Waals surface area contributed by atoms with Crippen molar-refractivity contribution in [1.82, 2.24) is 5.32 Å². The molecule has 21 heavy (non-hydrogen) atoms. The summed E-state index contributed by atoms with van der Waals surface area (Å²) in [4.78, 5) is 11.1. The molecule has 1 aliphatic heterocycles. The van der Waals surface area contributed by atoms with Crippen molar-refractivity contribution in [3.63, 3.8) is 0 Å². The number of aliphatic hydroxyl groups excluding tert-OH is 1. The van der Waals surface area contributed by atoms with Crippen LogP contribution < -0.4 is 5.32 Å². The van der Waals surface area contributed by atoms with Crippen molar-refractivity contribution in [2.24, 2.45) is 5.41 Å². The number of amides is 1. The summed E-state index contributed by atoms with van der Waals surface area (Å²) >= 11 is 0. The lowest BCUT2D eigenvalue weighted by atomic mass is 9.83. The van der Waals surface area contributed by atoms with E-state index in [1.54, 1.807) is 0 Å². The molecule has 1 fully saturated rings. The Bertz CT molecular complexity index is 469. The molecule has 116 valence electrons. The molecule has 0 saturated carbocycles. The molecule has 1 heterocycles. The van der Waals surface area contributed by atoms with Crippen molar-refractivity contribution < 1.29 is 19.4 Å². The van der Waals surface area contributed by atoms with E-state index >= 15 is 0 Å². The van der Waals surface area contributed by atoms with Gasteiger partial charge in [-0.05, 0) is 11.0 Å². The normalized spacial score (nSPS) is 21.5. The number of hydrogen-bond acceptors (Lipinski definition) is 4. The third-order valence-electron chi connectivity index (χ3n) is 3.55. The number of alkyl carbamates (subject to hydrolysis) is 1. The molecule has 1 saturated heterocycles. The predicted octanol–water partition coefficient (Wildman–Crippen LogP) is 2.09.